The Morgan fingerprint density at radius 1 is 1.20 bits per heavy atom. The van der Waals surface area contributed by atoms with E-state index in [1.807, 2.05) is 0 Å². The van der Waals surface area contributed by atoms with Gasteiger partial charge in [0.1, 0.15) is 6.04 Å². The Kier molecular flexibility index (Phi) is 7.57. The van der Waals surface area contributed by atoms with E-state index in [-0.39, 0.29) is 6.42 Å². The number of hydrogen-bond acceptors (Lipinski definition) is 4. The average molecular weight is 218 g/mol. The molecule has 0 rings (SSSR count). The molecule has 5 N–H and O–H groups in total. The molecule has 0 fully saturated rings. The van der Waals surface area contributed by atoms with Crippen LogP contribution in [0.1, 0.15) is 25.7 Å². The smallest absolute Gasteiger partial charge is 0.320 e. The molecule has 15 heavy (non-hydrogen) atoms. The molecule has 0 saturated heterocycles. The fourth-order valence-electron chi connectivity index (χ4n) is 1.06. The van der Waals surface area contributed by atoms with Crippen LogP contribution in [0.2, 0.25) is 0 Å². The van der Waals surface area contributed by atoms with Crippen LogP contribution in [0.5, 0.6) is 0 Å². The molecule has 6 nitrogen and oxygen atoms in total. The number of nitrogens with one attached hydrogen (secondary N) is 1. The zero-order chi connectivity index (χ0) is 11.7. The van der Waals surface area contributed by atoms with Crippen LogP contribution < -0.4 is 11.1 Å². The van der Waals surface area contributed by atoms with E-state index < -0.39 is 18.0 Å². The molecule has 0 aromatic carbocycles. The monoisotopic (exact) mass is 218 g/mol. The normalized spacial score (nSPS) is 12.3. The van der Waals surface area contributed by atoms with E-state index >= 15 is 0 Å². The van der Waals surface area contributed by atoms with Gasteiger partial charge in [-0.2, -0.15) is 0 Å². The molecule has 0 aliphatic carbocycles. The van der Waals surface area contributed by atoms with Crippen LogP contribution >= 0.6 is 0 Å². The second-order valence-corrected chi connectivity index (χ2v) is 3.33. The maximum Gasteiger partial charge on any atom is 0.320 e. The minimum atomic E-state index is -0.978. The quantitative estimate of drug-likeness (QED) is 0.393. The van der Waals surface area contributed by atoms with Crippen LogP contribution in [0.25, 0.3) is 0 Å². The van der Waals surface area contributed by atoms with Crippen molar-refractivity contribution in [2.75, 3.05) is 13.1 Å². The highest BCUT2D eigenvalue weighted by molar-refractivity contribution is 5.72. The van der Waals surface area contributed by atoms with Crippen LogP contribution in [0.15, 0.2) is 0 Å². The Labute approximate surface area is 88.5 Å². The molecule has 0 saturated carbocycles. The summed E-state index contributed by atoms with van der Waals surface area (Å²) in [7, 11) is 0. The number of aliphatic carboxylic acids is 2. The van der Waals surface area contributed by atoms with E-state index in [1.54, 1.807) is 0 Å². The van der Waals surface area contributed by atoms with Crippen molar-refractivity contribution >= 4 is 11.9 Å². The zero-order valence-electron chi connectivity index (χ0n) is 8.61. The lowest BCUT2D eigenvalue weighted by molar-refractivity contribution is -0.139. The highest BCUT2D eigenvalue weighted by Crippen LogP contribution is 1.98. The van der Waals surface area contributed by atoms with Crippen molar-refractivity contribution in [3.63, 3.8) is 0 Å². The summed E-state index contributed by atoms with van der Waals surface area (Å²) in [6.45, 7) is 1.14. The first-order valence-corrected chi connectivity index (χ1v) is 4.95. The number of hydrogen-bond donors (Lipinski definition) is 4. The van der Waals surface area contributed by atoms with Crippen molar-refractivity contribution in [1.29, 1.82) is 0 Å². The van der Waals surface area contributed by atoms with Crippen molar-refractivity contribution in [1.82, 2.24) is 5.32 Å². The van der Waals surface area contributed by atoms with Gasteiger partial charge in [0, 0.05) is 6.54 Å². The van der Waals surface area contributed by atoms with Gasteiger partial charge in [0.05, 0.1) is 6.42 Å². The molecular weight excluding hydrogens is 200 g/mol. The van der Waals surface area contributed by atoms with E-state index in [2.05, 4.69) is 5.32 Å². The number of nitrogens with two attached hydrogens (primary N) is 1. The van der Waals surface area contributed by atoms with E-state index in [1.165, 1.54) is 0 Å². The molecule has 6 heteroatoms. The van der Waals surface area contributed by atoms with Gasteiger partial charge in [-0.15, -0.1) is 0 Å². The second-order valence-electron chi connectivity index (χ2n) is 3.33. The van der Waals surface area contributed by atoms with Crippen LogP contribution in [0.3, 0.4) is 0 Å². The minimum Gasteiger partial charge on any atom is -0.481 e. The highest BCUT2D eigenvalue weighted by atomic mass is 16.4. The summed E-state index contributed by atoms with van der Waals surface area (Å²) in [4.78, 5) is 20.5. The summed E-state index contributed by atoms with van der Waals surface area (Å²) in [6.07, 6.45) is 2.10. The fraction of sp³-hybridized carbons (Fsp3) is 0.778. The maximum absolute atomic E-state index is 10.3. The molecule has 0 bridgehead atoms. The Hall–Kier alpha value is -1.14. The molecule has 0 aliphatic heterocycles. The van der Waals surface area contributed by atoms with Crippen molar-refractivity contribution in [2.24, 2.45) is 5.73 Å². The fourth-order valence-corrected chi connectivity index (χ4v) is 1.06. The van der Waals surface area contributed by atoms with Gasteiger partial charge >= 0.3 is 11.9 Å². The first-order valence-electron chi connectivity index (χ1n) is 4.95. The third kappa shape index (κ3) is 9.17. The maximum atomic E-state index is 10.3. The van der Waals surface area contributed by atoms with Crippen molar-refractivity contribution in [3.8, 4) is 0 Å². The Bertz CT molecular complexity index is 208. The third-order valence-electron chi connectivity index (χ3n) is 1.95. The zero-order valence-corrected chi connectivity index (χ0v) is 8.61. The van der Waals surface area contributed by atoms with E-state index in [4.69, 9.17) is 15.9 Å². The standard InChI is InChI=1S/C9H18N2O4/c10-7(9(14)15)3-1-2-5-11-6-4-8(12)13/h7,11H,1-6,10H2,(H,12,13)(H,14,15). The van der Waals surface area contributed by atoms with E-state index in [0.29, 0.717) is 19.5 Å². The molecule has 0 amide bonds. The minimum absolute atomic E-state index is 0.106. The van der Waals surface area contributed by atoms with Crippen molar-refractivity contribution in [2.45, 2.75) is 31.7 Å². The number of unbranched alkanes of at least 4 members (excludes halogenated alkanes) is 1. The largest absolute Gasteiger partial charge is 0.481 e. The van der Waals surface area contributed by atoms with Gasteiger partial charge in [-0.1, -0.05) is 6.42 Å². The summed E-state index contributed by atoms with van der Waals surface area (Å²) >= 11 is 0. The van der Waals surface area contributed by atoms with Gasteiger partial charge in [0.25, 0.3) is 0 Å². The number of carboxylic acid groups (broad SMARTS) is 2. The number of rotatable bonds is 9. The molecule has 0 spiro atoms. The molecule has 0 aliphatic rings. The first-order chi connectivity index (χ1) is 7.04. The lowest BCUT2D eigenvalue weighted by Crippen LogP contribution is -2.30. The molecule has 88 valence electrons. The summed E-state index contributed by atoms with van der Waals surface area (Å²) in [6, 6.07) is -0.788. The van der Waals surface area contributed by atoms with Gasteiger partial charge in [0.15, 0.2) is 0 Å². The van der Waals surface area contributed by atoms with Crippen LogP contribution in [-0.4, -0.2) is 41.3 Å². The number of carboxylic acids is 2. The first kappa shape index (κ1) is 13.9. The molecule has 0 aromatic rings. The van der Waals surface area contributed by atoms with E-state index in [9.17, 15) is 9.59 Å². The van der Waals surface area contributed by atoms with Crippen LogP contribution in [-0.2, 0) is 9.59 Å². The SMILES string of the molecule is NC(CCCCNCCC(=O)O)C(=O)O. The summed E-state index contributed by atoms with van der Waals surface area (Å²) in [5, 5.41) is 19.8. The molecule has 0 aromatic heterocycles. The Morgan fingerprint density at radius 2 is 1.87 bits per heavy atom. The van der Waals surface area contributed by atoms with E-state index in [0.717, 1.165) is 12.8 Å². The summed E-state index contributed by atoms with van der Waals surface area (Å²) in [5.41, 5.74) is 5.30. The van der Waals surface area contributed by atoms with Crippen LogP contribution in [0.4, 0.5) is 0 Å². The predicted molar refractivity (Wildman–Crippen MR) is 54.6 cm³/mol. The molecular formula is C9H18N2O4. The molecule has 0 radical (unpaired) electrons. The van der Waals surface area contributed by atoms with Gasteiger partial charge in [-0.05, 0) is 19.4 Å². The van der Waals surface area contributed by atoms with Gasteiger partial charge in [-0.25, -0.2) is 0 Å². The van der Waals surface area contributed by atoms with Crippen molar-refractivity contribution in [3.05, 3.63) is 0 Å². The number of carbonyl (C=O) groups is 2. The second kappa shape index (κ2) is 8.19. The van der Waals surface area contributed by atoms with Crippen LogP contribution in [0, 0.1) is 0 Å². The topological polar surface area (TPSA) is 113 Å². The van der Waals surface area contributed by atoms with Gasteiger partial charge < -0.3 is 21.3 Å². The molecule has 1 atom stereocenters. The van der Waals surface area contributed by atoms with Crippen molar-refractivity contribution < 1.29 is 19.8 Å². The summed E-state index contributed by atoms with van der Waals surface area (Å²) in [5.74, 6) is -1.80. The predicted octanol–water partition coefficient (Wildman–Crippen LogP) is -0.367. The van der Waals surface area contributed by atoms with Gasteiger partial charge in [-0.3, -0.25) is 9.59 Å². The Balaban J connectivity index is 3.18. The molecule has 1 unspecified atom stereocenters. The Morgan fingerprint density at radius 3 is 2.40 bits per heavy atom. The molecule has 0 heterocycles. The lowest BCUT2D eigenvalue weighted by Gasteiger charge is -2.06. The van der Waals surface area contributed by atoms with Gasteiger partial charge in [0.2, 0.25) is 0 Å². The third-order valence-corrected chi connectivity index (χ3v) is 1.95. The highest BCUT2D eigenvalue weighted by Gasteiger charge is 2.09. The summed E-state index contributed by atoms with van der Waals surface area (Å²) < 4.78 is 0. The lowest BCUT2D eigenvalue weighted by atomic mass is 10.1. The average Bonchev–Trinajstić information content (AvgIpc) is 2.15.